The lowest BCUT2D eigenvalue weighted by molar-refractivity contribution is -0.136. The van der Waals surface area contributed by atoms with Crippen LogP contribution in [0.15, 0.2) is 60.7 Å². The van der Waals surface area contributed by atoms with Gasteiger partial charge in [-0.25, -0.2) is 0 Å². The van der Waals surface area contributed by atoms with E-state index in [0.29, 0.717) is 13.0 Å². The minimum atomic E-state index is -0.614. The Labute approximate surface area is 137 Å². The molecular formula is C18H23BN2O2. The zero-order valence-corrected chi connectivity index (χ0v) is 13.2. The zero-order valence-electron chi connectivity index (χ0n) is 13.2. The van der Waals surface area contributed by atoms with Gasteiger partial charge in [-0.15, -0.1) is 0 Å². The van der Waals surface area contributed by atoms with E-state index in [1.54, 1.807) is 0 Å². The lowest BCUT2D eigenvalue weighted by Gasteiger charge is -2.18. The summed E-state index contributed by atoms with van der Waals surface area (Å²) < 4.78 is 5.72. The van der Waals surface area contributed by atoms with E-state index < -0.39 is 13.0 Å². The van der Waals surface area contributed by atoms with Crippen LogP contribution in [0.3, 0.4) is 0 Å². The molecule has 0 bridgehead atoms. The summed E-state index contributed by atoms with van der Waals surface area (Å²) in [7, 11) is 0. The molecule has 0 aliphatic carbocycles. The van der Waals surface area contributed by atoms with Gasteiger partial charge in [0.15, 0.2) is 0 Å². The van der Waals surface area contributed by atoms with Gasteiger partial charge in [-0.2, -0.15) is 0 Å². The van der Waals surface area contributed by atoms with Gasteiger partial charge in [0.05, 0.1) is 0 Å². The van der Waals surface area contributed by atoms with Crippen molar-refractivity contribution >= 4 is 23.8 Å². The van der Waals surface area contributed by atoms with Crippen molar-refractivity contribution in [2.45, 2.75) is 25.3 Å². The Bertz CT molecular complexity index is 553. The van der Waals surface area contributed by atoms with Gasteiger partial charge in [-0.3, -0.25) is 4.79 Å². The van der Waals surface area contributed by atoms with Crippen molar-refractivity contribution in [3.63, 3.8) is 0 Å². The minimum absolute atomic E-state index is 0.375. The maximum atomic E-state index is 12.3. The van der Waals surface area contributed by atoms with Crippen LogP contribution in [0.2, 0.25) is 0 Å². The highest BCUT2D eigenvalue weighted by atomic mass is 16.5. The van der Waals surface area contributed by atoms with E-state index in [1.807, 2.05) is 60.7 Å². The Morgan fingerprint density at radius 2 is 1.48 bits per heavy atom. The van der Waals surface area contributed by atoms with Crippen molar-refractivity contribution in [2.24, 2.45) is 11.5 Å². The molecule has 4 nitrogen and oxygen atoms in total. The molecule has 2 aromatic rings. The average Bonchev–Trinajstić information content (AvgIpc) is 2.61. The molecule has 0 unspecified atom stereocenters. The van der Waals surface area contributed by atoms with Crippen molar-refractivity contribution in [3.05, 3.63) is 60.7 Å². The second kappa shape index (κ2) is 9.13. The number of benzene rings is 2. The van der Waals surface area contributed by atoms with Gasteiger partial charge in [-0.1, -0.05) is 67.1 Å². The molecular weight excluding hydrogens is 287 g/mol. The van der Waals surface area contributed by atoms with E-state index in [9.17, 15) is 4.79 Å². The fourth-order valence-corrected chi connectivity index (χ4v) is 2.41. The van der Waals surface area contributed by atoms with Crippen LogP contribution in [0.4, 0.5) is 0 Å². The highest BCUT2D eigenvalue weighted by molar-refractivity contribution is 6.81. The fourth-order valence-electron chi connectivity index (χ4n) is 2.41. The molecule has 0 amide bonds. The van der Waals surface area contributed by atoms with Crippen LogP contribution < -0.4 is 22.4 Å². The third kappa shape index (κ3) is 5.23. The molecule has 2 aromatic carbocycles. The predicted molar refractivity (Wildman–Crippen MR) is 94.9 cm³/mol. The molecule has 0 aliphatic rings. The van der Waals surface area contributed by atoms with Gasteiger partial charge in [0, 0.05) is 0 Å². The summed E-state index contributed by atoms with van der Waals surface area (Å²) in [6, 6.07) is 18.8. The van der Waals surface area contributed by atoms with Crippen LogP contribution in [0, 0.1) is 0 Å². The Morgan fingerprint density at radius 1 is 0.957 bits per heavy atom. The van der Waals surface area contributed by atoms with E-state index in [2.05, 4.69) is 0 Å². The van der Waals surface area contributed by atoms with E-state index in [0.717, 1.165) is 23.8 Å². The summed E-state index contributed by atoms with van der Waals surface area (Å²) >= 11 is 0. The highest BCUT2D eigenvalue weighted by Crippen LogP contribution is 2.02. The third-order valence-electron chi connectivity index (χ3n) is 3.71. The number of carbonyl (C=O) groups excluding carboxylic acids is 1. The molecule has 23 heavy (non-hydrogen) atoms. The molecule has 0 heterocycles. The molecule has 120 valence electrons. The number of hydrogen-bond acceptors (Lipinski definition) is 4. The van der Waals surface area contributed by atoms with E-state index in [1.165, 1.54) is 0 Å². The van der Waals surface area contributed by atoms with Gasteiger partial charge < -0.3 is 16.1 Å². The largest absolute Gasteiger partial charge is 0.525 e. The molecule has 0 fully saturated rings. The van der Waals surface area contributed by atoms with Crippen molar-refractivity contribution in [1.29, 1.82) is 0 Å². The molecule has 4 N–H and O–H groups in total. The number of nitrogens with two attached hydrogens (primary N) is 2. The van der Waals surface area contributed by atoms with Crippen molar-refractivity contribution in [2.75, 3.05) is 6.54 Å². The standard InChI is InChI=1S/C18H23BN2O2/c20-14-8-7-13-17(21)18(22)23-19(15-9-3-1-4-10-15)16-11-5-2-6-12-16/h1-6,9-12,17H,7-8,13-14,20-21H2/t17-/m1/s1. The van der Waals surface area contributed by atoms with Gasteiger partial charge in [0.2, 0.25) is 0 Å². The summed E-state index contributed by atoms with van der Waals surface area (Å²) in [5.41, 5.74) is 13.3. The van der Waals surface area contributed by atoms with Crippen LogP contribution in [-0.2, 0) is 9.45 Å². The first-order valence-electron chi connectivity index (χ1n) is 7.98. The minimum Gasteiger partial charge on any atom is -0.525 e. The van der Waals surface area contributed by atoms with Gasteiger partial charge in [0.1, 0.15) is 6.04 Å². The molecule has 0 aromatic heterocycles. The second-order valence-electron chi connectivity index (χ2n) is 5.53. The SMILES string of the molecule is NCCCC[C@@H](N)C(=O)OB(c1ccccc1)c1ccccc1. The molecule has 0 radical (unpaired) electrons. The molecule has 0 spiro atoms. The number of hydrogen-bond donors (Lipinski definition) is 2. The highest BCUT2D eigenvalue weighted by Gasteiger charge is 2.27. The predicted octanol–water partition coefficient (Wildman–Crippen LogP) is 0.792. The maximum Gasteiger partial charge on any atom is 0.429 e. The van der Waals surface area contributed by atoms with E-state index >= 15 is 0 Å². The van der Waals surface area contributed by atoms with E-state index in [4.69, 9.17) is 16.1 Å². The molecule has 0 aliphatic heterocycles. The second-order valence-corrected chi connectivity index (χ2v) is 5.53. The van der Waals surface area contributed by atoms with Crippen LogP contribution in [-0.4, -0.2) is 25.5 Å². The Morgan fingerprint density at radius 3 is 1.96 bits per heavy atom. The average molecular weight is 310 g/mol. The van der Waals surface area contributed by atoms with E-state index in [-0.39, 0.29) is 5.97 Å². The Kier molecular flexibility index (Phi) is 6.85. The van der Waals surface area contributed by atoms with Gasteiger partial charge in [-0.05, 0) is 30.3 Å². The third-order valence-corrected chi connectivity index (χ3v) is 3.71. The van der Waals surface area contributed by atoms with Crippen molar-refractivity contribution < 1.29 is 9.45 Å². The van der Waals surface area contributed by atoms with Crippen LogP contribution >= 0.6 is 0 Å². The quantitative estimate of drug-likeness (QED) is 0.558. The molecule has 5 heteroatoms. The lowest BCUT2D eigenvalue weighted by Crippen LogP contribution is -2.49. The summed E-state index contributed by atoms with van der Waals surface area (Å²) in [5, 5.41) is 0. The van der Waals surface area contributed by atoms with Crippen molar-refractivity contribution in [1.82, 2.24) is 0 Å². The monoisotopic (exact) mass is 310 g/mol. The van der Waals surface area contributed by atoms with Crippen LogP contribution in [0.25, 0.3) is 0 Å². The molecule has 2 rings (SSSR count). The van der Waals surface area contributed by atoms with Crippen LogP contribution in [0.5, 0.6) is 0 Å². The van der Waals surface area contributed by atoms with Gasteiger partial charge in [0.25, 0.3) is 0 Å². The lowest BCUT2D eigenvalue weighted by atomic mass is 9.55. The normalized spacial score (nSPS) is 11.7. The molecule has 0 saturated heterocycles. The summed E-state index contributed by atoms with van der Waals surface area (Å²) in [6.45, 7) is 0.170. The first-order chi connectivity index (χ1) is 11.2. The molecule has 0 saturated carbocycles. The van der Waals surface area contributed by atoms with Crippen molar-refractivity contribution in [3.8, 4) is 0 Å². The number of carbonyl (C=O) groups is 1. The summed E-state index contributed by atoms with van der Waals surface area (Å²) in [6.07, 6.45) is 2.28. The van der Waals surface area contributed by atoms with Gasteiger partial charge >= 0.3 is 12.9 Å². The summed E-state index contributed by atoms with van der Waals surface area (Å²) in [4.78, 5) is 12.3. The topological polar surface area (TPSA) is 78.3 Å². The smallest absolute Gasteiger partial charge is 0.429 e. The Balaban J connectivity index is 2.11. The first kappa shape index (κ1) is 17.3. The number of unbranched alkanes of at least 4 members (excludes halogenated alkanes) is 1. The maximum absolute atomic E-state index is 12.3. The Hall–Kier alpha value is -2.11. The molecule has 1 atom stereocenters. The van der Waals surface area contributed by atoms with Crippen LogP contribution in [0.1, 0.15) is 19.3 Å². The summed E-state index contributed by atoms with van der Waals surface area (Å²) in [5.74, 6) is -0.375. The number of rotatable bonds is 8. The zero-order chi connectivity index (χ0) is 16.5. The first-order valence-corrected chi connectivity index (χ1v) is 7.98. The fraction of sp³-hybridized carbons (Fsp3) is 0.278.